The van der Waals surface area contributed by atoms with E-state index >= 15 is 0 Å². The Morgan fingerprint density at radius 1 is 1.00 bits per heavy atom. The Hall–Kier alpha value is -5.43. The van der Waals surface area contributed by atoms with Crippen molar-refractivity contribution in [2.75, 3.05) is 4.90 Å². The van der Waals surface area contributed by atoms with Crippen molar-refractivity contribution in [2.45, 2.75) is 33.2 Å². The number of rotatable bonds is 6. The molecule has 10 heteroatoms. The third-order valence-corrected chi connectivity index (χ3v) is 6.67. The van der Waals surface area contributed by atoms with Crippen molar-refractivity contribution in [1.82, 2.24) is 14.5 Å². The maximum absolute atomic E-state index is 13.9. The Morgan fingerprint density at radius 3 is 2.30 bits per heavy atom. The number of pyridine rings is 1. The molecule has 0 atom stereocenters. The van der Waals surface area contributed by atoms with Crippen molar-refractivity contribution in [3.8, 4) is 6.07 Å². The van der Waals surface area contributed by atoms with Gasteiger partial charge in [0, 0.05) is 17.3 Å². The van der Waals surface area contributed by atoms with Crippen LogP contribution < -0.4 is 16.1 Å². The van der Waals surface area contributed by atoms with E-state index in [0.717, 1.165) is 9.47 Å². The highest BCUT2D eigenvalue weighted by atomic mass is 16.2. The molecule has 2 aromatic heterocycles. The average molecular weight is 534 g/mol. The molecule has 198 valence electrons. The predicted octanol–water partition coefficient (Wildman–Crippen LogP) is 3.32. The monoisotopic (exact) mass is 533 g/mol. The van der Waals surface area contributed by atoms with E-state index in [-0.39, 0.29) is 45.9 Å². The Bertz CT molecular complexity index is 1860. The molecule has 2 amide bonds. The lowest BCUT2D eigenvalue weighted by Crippen LogP contribution is -2.38. The van der Waals surface area contributed by atoms with Gasteiger partial charge in [0.25, 0.3) is 17.4 Å². The first-order valence-electron chi connectivity index (χ1n) is 12.5. The number of ketones is 1. The van der Waals surface area contributed by atoms with E-state index in [1.807, 2.05) is 6.07 Å². The zero-order valence-corrected chi connectivity index (χ0v) is 21.9. The second-order valence-corrected chi connectivity index (χ2v) is 9.80. The third-order valence-electron chi connectivity index (χ3n) is 6.67. The zero-order valence-electron chi connectivity index (χ0n) is 21.9. The van der Waals surface area contributed by atoms with Gasteiger partial charge in [0.2, 0.25) is 5.78 Å². The van der Waals surface area contributed by atoms with Crippen molar-refractivity contribution >= 4 is 23.4 Å². The quantitative estimate of drug-likeness (QED) is 0.295. The van der Waals surface area contributed by atoms with Crippen LogP contribution in [0.4, 0.5) is 5.82 Å². The van der Waals surface area contributed by atoms with E-state index in [4.69, 9.17) is 0 Å². The molecule has 0 bridgehead atoms. The van der Waals surface area contributed by atoms with E-state index in [9.17, 15) is 29.2 Å². The van der Waals surface area contributed by atoms with Gasteiger partial charge < -0.3 is 0 Å². The fourth-order valence-corrected chi connectivity index (χ4v) is 4.89. The first kappa shape index (κ1) is 26.2. The summed E-state index contributed by atoms with van der Waals surface area (Å²) in [7, 11) is 0. The van der Waals surface area contributed by atoms with Gasteiger partial charge in [-0.3, -0.25) is 28.7 Å². The number of benzene rings is 2. The number of aromatic amines is 1. The van der Waals surface area contributed by atoms with E-state index in [0.29, 0.717) is 11.1 Å². The van der Waals surface area contributed by atoms with Gasteiger partial charge in [0.1, 0.15) is 11.5 Å². The first-order valence-corrected chi connectivity index (χ1v) is 12.5. The summed E-state index contributed by atoms with van der Waals surface area (Å²) in [6.07, 6.45) is 1.40. The number of nitrogens with zero attached hydrogens (tertiary/aromatic N) is 4. The number of H-pyrrole nitrogens is 1. The second-order valence-electron chi connectivity index (χ2n) is 9.80. The molecular formula is C30H23N5O5. The Labute approximate surface area is 228 Å². The predicted molar refractivity (Wildman–Crippen MR) is 146 cm³/mol. The molecule has 0 unspecified atom stereocenters. The zero-order chi connectivity index (χ0) is 28.7. The molecule has 1 aliphatic rings. The second kappa shape index (κ2) is 10.0. The highest BCUT2D eigenvalue weighted by Crippen LogP contribution is 2.28. The molecule has 0 saturated heterocycles. The number of fused-ring (bicyclic) bond motifs is 1. The summed E-state index contributed by atoms with van der Waals surface area (Å²) in [5.41, 5.74) is 0.650. The number of anilines is 1. The highest BCUT2D eigenvalue weighted by molar-refractivity contribution is 6.34. The number of aromatic nitrogens is 3. The average Bonchev–Trinajstić information content (AvgIpc) is 3.18. The maximum Gasteiger partial charge on any atom is 0.329 e. The molecule has 1 N–H and O–H groups in total. The minimum atomic E-state index is -0.801. The minimum absolute atomic E-state index is 0.0653. The van der Waals surface area contributed by atoms with E-state index in [1.54, 1.807) is 63.2 Å². The van der Waals surface area contributed by atoms with Crippen molar-refractivity contribution in [3.63, 3.8) is 0 Å². The van der Waals surface area contributed by atoms with E-state index < -0.39 is 34.8 Å². The lowest BCUT2D eigenvalue weighted by Gasteiger charge is -2.18. The lowest BCUT2D eigenvalue weighted by atomic mass is 9.95. The summed E-state index contributed by atoms with van der Waals surface area (Å²) >= 11 is 0. The number of carbonyl (C=O) groups excluding carboxylic acids is 3. The van der Waals surface area contributed by atoms with Gasteiger partial charge in [0.05, 0.1) is 29.3 Å². The topological polar surface area (TPSA) is 146 Å². The number of hydrogen-bond donors (Lipinski definition) is 1. The summed E-state index contributed by atoms with van der Waals surface area (Å²) in [4.78, 5) is 73.3. The van der Waals surface area contributed by atoms with Crippen molar-refractivity contribution in [3.05, 3.63) is 126 Å². The van der Waals surface area contributed by atoms with Crippen LogP contribution in [0.25, 0.3) is 0 Å². The summed E-state index contributed by atoms with van der Waals surface area (Å²) in [5.74, 6) is -1.97. The van der Waals surface area contributed by atoms with Crippen LogP contribution in [0.15, 0.2) is 70.4 Å². The van der Waals surface area contributed by atoms with Crippen LogP contribution in [0, 0.1) is 18.3 Å². The fourth-order valence-electron chi connectivity index (χ4n) is 4.89. The lowest BCUT2D eigenvalue weighted by molar-refractivity contribution is 0.0924. The fraction of sp³-hybridized carbons (Fsp3) is 0.167. The van der Waals surface area contributed by atoms with E-state index in [2.05, 4.69) is 9.97 Å². The van der Waals surface area contributed by atoms with Crippen LogP contribution in [0.2, 0.25) is 0 Å². The van der Waals surface area contributed by atoms with Crippen LogP contribution >= 0.6 is 0 Å². The normalized spacial score (nSPS) is 12.5. The van der Waals surface area contributed by atoms with Gasteiger partial charge in [-0.05, 0) is 66.4 Å². The summed E-state index contributed by atoms with van der Waals surface area (Å²) in [6, 6.07) is 16.2. The molecule has 2 aromatic carbocycles. The highest BCUT2D eigenvalue weighted by Gasteiger charge is 2.37. The Kier molecular flexibility index (Phi) is 6.57. The van der Waals surface area contributed by atoms with Crippen LogP contribution in [0.1, 0.15) is 78.8 Å². The molecule has 3 heterocycles. The summed E-state index contributed by atoms with van der Waals surface area (Å²) < 4.78 is 1.16. The first-order chi connectivity index (χ1) is 19.1. The van der Waals surface area contributed by atoms with Crippen LogP contribution in [0.3, 0.4) is 0 Å². The van der Waals surface area contributed by atoms with Gasteiger partial charge in [-0.2, -0.15) is 5.26 Å². The number of amides is 2. The number of nitrogens with one attached hydrogen (secondary N) is 1. The molecule has 0 aliphatic carbocycles. The molecule has 1 aliphatic heterocycles. The molecule has 0 radical (unpaired) electrons. The van der Waals surface area contributed by atoms with Crippen molar-refractivity contribution in [1.29, 1.82) is 5.26 Å². The number of aryl methyl sites for hydroxylation is 1. The van der Waals surface area contributed by atoms with Crippen molar-refractivity contribution in [2.24, 2.45) is 0 Å². The third kappa shape index (κ3) is 4.43. The van der Waals surface area contributed by atoms with Crippen molar-refractivity contribution < 1.29 is 14.4 Å². The van der Waals surface area contributed by atoms with Crippen LogP contribution in [-0.4, -0.2) is 32.1 Å². The Balaban J connectivity index is 1.62. The number of imide groups is 1. The number of carbonyl (C=O) groups is 3. The molecular weight excluding hydrogens is 510 g/mol. The summed E-state index contributed by atoms with van der Waals surface area (Å²) in [5, 5.41) is 9.40. The maximum atomic E-state index is 13.9. The number of nitriles is 1. The number of hydrogen-bond acceptors (Lipinski definition) is 7. The molecule has 0 saturated carbocycles. The van der Waals surface area contributed by atoms with Crippen LogP contribution in [0.5, 0.6) is 0 Å². The van der Waals surface area contributed by atoms with Gasteiger partial charge in [0.15, 0.2) is 0 Å². The van der Waals surface area contributed by atoms with Gasteiger partial charge in [-0.1, -0.05) is 26.0 Å². The Morgan fingerprint density at radius 2 is 1.68 bits per heavy atom. The van der Waals surface area contributed by atoms with Gasteiger partial charge >= 0.3 is 5.69 Å². The molecule has 5 rings (SSSR count). The molecule has 4 aromatic rings. The smallest absolute Gasteiger partial charge is 0.287 e. The standard InChI is InChI=1S/C30H23N5O5/c1-16(2)24-25(26(36)20-11-17(3)10-19(12-20)14-31)34(30(40)33-27(24)37)15-18-8-9-32-23(13-18)35-28(38)21-6-4-5-7-22(21)29(35)39/h4-13,16H,15H2,1-3H3,(H,33,37,40). The molecule has 10 nitrogen and oxygen atoms in total. The molecule has 0 fully saturated rings. The largest absolute Gasteiger partial charge is 0.329 e. The summed E-state index contributed by atoms with van der Waals surface area (Å²) in [6.45, 7) is 5.05. The van der Waals surface area contributed by atoms with Gasteiger partial charge in [-0.25, -0.2) is 14.7 Å². The van der Waals surface area contributed by atoms with Crippen LogP contribution in [-0.2, 0) is 6.54 Å². The molecule has 40 heavy (non-hydrogen) atoms. The SMILES string of the molecule is Cc1cc(C#N)cc(C(=O)c2c(C(C)C)c(=O)[nH]c(=O)n2Cc2ccnc(N3C(=O)c4ccccc4C3=O)c2)c1. The van der Waals surface area contributed by atoms with Gasteiger partial charge in [-0.15, -0.1) is 0 Å². The minimum Gasteiger partial charge on any atom is -0.287 e. The van der Waals surface area contributed by atoms with E-state index in [1.165, 1.54) is 18.3 Å². The molecule has 0 spiro atoms.